The van der Waals surface area contributed by atoms with Gasteiger partial charge in [-0.05, 0) is 31.2 Å². The summed E-state index contributed by atoms with van der Waals surface area (Å²) in [6.45, 7) is -0.0843. The van der Waals surface area contributed by atoms with E-state index in [0.717, 1.165) is 5.52 Å². The predicted octanol–water partition coefficient (Wildman–Crippen LogP) is 3.36. The third kappa shape index (κ3) is 3.68. The Morgan fingerprint density at radius 1 is 1.21 bits per heavy atom. The van der Waals surface area contributed by atoms with Crippen molar-refractivity contribution in [1.82, 2.24) is 9.55 Å². The van der Waals surface area contributed by atoms with Crippen LogP contribution in [0.1, 0.15) is 5.82 Å². The third-order valence-corrected chi connectivity index (χ3v) is 4.27. The van der Waals surface area contributed by atoms with Crippen LogP contribution in [0.2, 0.25) is 0 Å². The van der Waals surface area contributed by atoms with Crippen molar-refractivity contribution in [2.45, 2.75) is 20.1 Å². The molecular weight excluding hydrogens is 372 g/mol. The third-order valence-electron chi connectivity index (χ3n) is 4.27. The van der Waals surface area contributed by atoms with Gasteiger partial charge in [-0.2, -0.15) is 8.78 Å². The first kappa shape index (κ1) is 18.0. The number of ether oxygens (including phenoxy) is 3. The van der Waals surface area contributed by atoms with Gasteiger partial charge in [0, 0.05) is 17.8 Å². The Bertz CT molecular complexity index is 1020. The van der Waals surface area contributed by atoms with Crippen molar-refractivity contribution >= 4 is 22.6 Å². The zero-order valence-corrected chi connectivity index (χ0v) is 14.9. The SMILES string of the molecule is Cc1nc2cc3c(cc2n1CC(=O)Nc1ccc(OC(F)F)cc1)OCCO3. The van der Waals surface area contributed by atoms with Gasteiger partial charge in [-0.3, -0.25) is 4.79 Å². The number of aromatic nitrogens is 2. The minimum absolute atomic E-state index is 0.0245. The highest BCUT2D eigenvalue weighted by atomic mass is 19.3. The highest BCUT2D eigenvalue weighted by molar-refractivity contribution is 5.92. The molecule has 2 aromatic carbocycles. The molecule has 9 heteroatoms. The Morgan fingerprint density at radius 3 is 2.57 bits per heavy atom. The van der Waals surface area contributed by atoms with Crippen molar-refractivity contribution in [1.29, 1.82) is 0 Å². The van der Waals surface area contributed by atoms with Crippen LogP contribution in [0.3, 0.4) is 0 Å². The van der Waals surface area contributed by atoms with E-state index in [-0.39, 0.29) is 18.2 Å². The molecule has 1 aliphatic heterocycles. The fourth-order valence-corrected chi connectivity index (χ4v) is 3.05. The number of halogens is 2. The number of nitrogens with one attached hydrogen (secondary N) is 1. The van der Waals surface area contributed by atoms with E-state index < -0.39 is 6.61 Å². The summed E-state index contributed by atoms with van der Waals surface area (Å²) in [5.41, 5.74) is 1.95. The topological polar surface area (TPSA) is 74.6 Å². The standard InChI is InChI=1S/C19H17F2N3O4/c1-11-22-14-8-16-17(27-7-6-26-16)9-15(14)24(11)10-18(25)23-12-2-4-13(5-3-12)28-19(20)21/h2-5,8-9,19H,6-7,10H2,1H3,(H,23,25). The number of fused-ring (bicyclic) bond motifs is 2. The Labute approximate surface area is 158 Å². The maximum Gasteiger partial charge on any atom is 0.387 e. The molecule has 0 saturated carbocycles. The zero-order chi connectivity index (χ0) is 19.7. The van der Waals surface area contributed by atoms with Gasteiger partial charge in [0.25, 0.3) is 0 Å². The van der Waals surface area contributed by atoms with Gasteiger partial charge in [-0.25, -0.2) is 4.98 Å². The molecule has 0 bridgehead atoms. The van der Waals surface area contributed by atoms with Crippen LogP contribution in [-0.4, -0.2) is 35.3 Å². The van der Waals surface area contributed by atoms with E-state index in [4.69, 9.17) is 9.47 Å². The molecule has 0 fully saturated rings. The van der Waals surface area contributed by atoms with Gasteiger partial charge < -0.3 is 24.1 Å². The molecule has 7 nitrogen and oxygen atoms in total. The summed E-state index contributed by atoms with van der Waals surface area (Å²) in [6, 6.07) is 9.33. The van der Waals surface area contributed by atoms with Crippen molar-refractivity contribution < 1.29 is 27.8 Å². The highest BCUT2D eigenvalue weighted by Gasteiger charge is 2.18. The number of hydrogen-bond acceptors (Lipinski definition) is 5. The second-order valence-electron chi connectivity index (χ2n) is 6.18. The molecule has 1 aromatic heterocycles. The normalized spacial score (nSPS) is 13.0. The maximum absolute atomic E-state index is 12.5. The van der Waals surface area contributed by atoms with E-state index in [2.05, 4.69) is 15.0 Å². The minimum atomic E-state index is -2.89. The van der Waals surface area contributed by atoms with E-state index in [1.54, 1.807) is 10.6 Å². The predicted molar refractivity (Wildman–Crippen MR) is 97.2 cm³/mol. The summed E-state index contributed by atoms with van der Waals surface area (Å²) >= 11 is 0. The maximum atomic E-state index is 12.5. The van der Waals surface area contributed by atoms with Crippen molar-refractivity contribution in [2.24, 2.45) is 0 Å². The fraction of sp³-hybridized carbons (Fsp3) is 0.263. The van der Waals surface area contributed by atoms with Crippen LogP contribution in [0, 0.1) is 6.92 Å². The van der Waals surface area contributed by atoms with Gasteiger partial charge in [0.15, 0.2) is 11.5 Å². The molecule has 3 aromatic rings. The number of rotatable bonds is 5. The Hall–Kier alpha value is -3.36. The summed E-state index contributed by atoms with van der Waals surface area (Å²) in [5, 5.41) is 2.73. The van der Waals surface area contributed by atoms with Gasteiger partial charge in [-0.1, -0.05) is 0 Å². The number of imidazole rings is 1. The first-order chi connectivity index (χ1) is 13.5. The smallest absolute Gasteiger partial charge is 0.387 e. The first-order valence-electron chi connectivity index (χ1n) is 8.61. The molecule has 0 spiro atoms. The van der Waals surface area contributed by atoms with Crippen LogP contribution in [-0.2, 0) is 11.3 Å². The van der Waals surface area contributed by atoms with Gasteiger partial charge in [0.1, 0.15) is 31.3 Å². The molecule has 1 amide bonds. The van der Waals surface area contributed by atoms with Gasteiger partial charge in [0.2, 0.25) is 5.91 Å². The Balaban J connectivity index is 1.51. The van der Waals surface area contributed by atoms with E-state index >= 15 is 0 Å². The molecule has 1 N–H and O–H groups in total. The van der Waals surface area contributed by atoms with Crippen LogP contribution < -0.4 is 19.5 Å². The van der Waals surface area contributed by atoms with Crippen LogP contribution in [0.4, 0.5) is 14.5 Å². The molecule has 2 heterocycles. The Morgan fingerprint density at radius 2 is 1.89 bits per heavy atom. The van der Waals surface area contributed by atoms with Gasteiger partial charge in [0.05, 0.1) is 11.0 Å². The largest absolute Gasteiger partial charge is 0.486 e. The number of aryl methyl sites for hydroxylation is 1. The molecule has 1 aliphatic rings. The van der Waals surface area contributed by atoms with Crippen molar-refractivity contribution in [3.8, 4) is 17.2 Å². The molecule has 28 heavy (non-hydrogen) atoms. The molecule has 4 rings (SSSR count). The number of nitrogens with zero attached hydrogens (tertiary/aromatic N) is 2. The van der Waals surface area contributed by atoms with Crippen LogP contribution in [0.15, 0.2) is 36.4 Å². The number of carbonyl (C=O) groups excluding carboxylic acids is 1. The second kappa shape index (κ2) is 7.34. The van der Waals surface area contributed by atoms with Crippen molar-refractivity contribution in [3.05, 3.63) is 42.2 Å². The number of anilines is 1. The number of alkyl halides is 2. The molecule has 0 aliphatic carbocycles. The van der Waals surface area contributed by atoms with Crippen molar-refractivity contribution in [3.63, 3.8) is 0 Å². The van der Waals surface area contributed by atoms with E-state index in [0.29, 0.717) is 41.7 Å². The zero-order valence-electron chi connectivity index (χ0n) is 14.9. The van der Waals surface area contributed by atoms with E-state index in [1.165, 1.54) is 24.3 Å². The number of hydrogen-bond donors (Lipinski definition) is 1. The molecule has 0 radical (unpaired) electrons. The van der Waals surface area contributed by atoms with Crippen LogP contribution in [0.5, 0.6) is 17.2 Å². The van der Waals surface area contributed by atoms with Crippen molar-refractivity contribution in [2.75, 3.05) is 18.5 Å². The molecule has 0 atom stereocenters. The lowest BCUT2D eigenvalue weighted by Gasteiger charge is -2.18. The van der Waals surface area contributed by atoms with Crippen LogP contribution in [0.25, 0.3) is 11.0 Å². The van der Waals surface area contributed by atoms with E-state index in [1.807, 2.05) is 13.0 Å². The fourth-order valence-electron chi connectivity index (χ4n) is 3.05. The summed E-state index contributed by atoms with van der Waals surface area (Å²) in [4.78, 5) is 16.9. The highest BCUT2D eigenvalue weighted by Crippen LogP contribution is 2.34. The lowest BCUT2D eigenvalue weighted by molar-refractivity contribution is -0.116. The molecular formula is C19H17F2N3O4. The summed E-state index contributed by atoms with van der Waals surface area (Å²) < 4.78 is 41.6. The lowest BCUT2D eigenvalue weighted by atomic mass is 10.2. The average Bonchev–Trinajstić information content (AvgIpc) is 2.95. The molecule has 0 saturated heterocycles. The van der Waals surface area contributed by atoms with Gasteiger partial charge >= 0.3 is 6.61 Å². The second-order valence-corrected chi connectivity index (χ2v) is 6.18. The Kier molecular flexibility index (Phi) is 4.72. The first-order valence-corrected chi connectivity index (χ1v) is 8.61. The molecule has 0 unspecified atom stereocenters. The quantitative estimate of drug-likeness (QED) is 0.724. The number of carbonyl (C=O) groups is 1. The molecule has 146 valence electrons. The number of amides is 1. The van der Waals surface area contributed by atoms with Crippen LogP contribution >= 0.6 is 0 Å². The summed E-state index contributed by atoms with van der Waals surface area (Å²) in [7, 11) is 0. The minimum Gasteiger partial charge on any atom is -0.486 e. The summed E-state index contributed by atoms with van der Waals surface area (Å²) in [6.07, 6.45) is 0. The number of benzene rings is 2. The monoisotopic (exact) mass is 389 g/mol. The average molecular weight is 389 g/mol. The lowest BCUT2D eigenvalue weighted by Crippen LogP contribution is -2.19. The van der Waals surface area contributed by atoms with Gasteiger partial charge in [-0.15, -0.1) is 0 Å². The van der Waals surface area contributed by atoms with E-state index in [9.17, 15) is 13.6 Å². The summed E-state index contributed by atoms with van der Waals surface area (Å²) in [5.74, 6) is 1.68.